The number of methoxy groups -OCH3 is 2. The van der Waals surface area contributed by atoms with Gasteiger partial charge < -0.3 is 14.8 Å². The second-order valence-corrected chi connectivity index (χ2v) is 4.76. The van der Waals surface area contributed by atoms with Crippen LogP contribution in [0.1, 0.15) is 18.5 Å². The first-order valence-electron chi connectivity index (χ1n) is 4.70. The molecule has 1 rings (SSSR count). The molecule has 86 valence electrons. The molecule has 0 saturated heterocycles. The van der Waals surface area contributed by atoms with E-state index in [-0.39, 0.29) is 12.3 Å². The number of rotatable bonds is 6. The summed E-state index contributed by atoms with van der Waals surface area (Å²) in [6.45, 7) is 2.74. The highest BCUT2D eigenvalue weighted by atomic mass is 35.5. The average Bonchev–Trinajstić information content (AvgIpc) is 2.66. The average molecular weight is 250 g/mol. The molecule has 5 heteroatoms. The highest BCUT2D eigenvalue weighted by molar-refractivity contribution is 7.14. The number of halogens is 1. The summed E-state index contributed by atoms with van der Waals surface area (Å²) < 4.78 is 11.0. The molecule has 0 spiro atoms. The van der Waals surface area contributed by atoms with Crippen molar-refractivity contribution >= 4 is 22.9 Å². The number of hydrogen-bond donors (Lipinski definition) is 1. The van der Waals surface area contributed by atoms with E-state index in [2.05, 4.69) is 17.6 Å². The van der Waals surface area contributed by atoms with E-state index >= 15 is 0 Å². The van der Waals surface area contributed by atoms with Crippen LogP contribution in [0.5, 0.6) is 0 Å². The van der Waals surface area contributed by atoms with Crippen LogP contribution >= 0.6 is 22.9 Å². The largest absolute Gasteiger partial charge is 0.355 e. The SMILES string of the molecule is COC(CNC(C)c1csc(Cl)c1)OC. The third kappa shape index (κ3) is 4.09. The van der Waals surface area contributed by atoms with Crippen LogP contribution < -0.4 is 5.32 Å². The quantitative estimate of drug-likeness (QED) is 0.787. The first kappa shape index (κ1) is 12.9. The maximum atomic E-state index is 5.86. The van der Waals surface area contributed by atoms with Gasteiger partial charge in [-0.2, -0.15) is 0 Å². The van der Waals surface area contributed by atoms with Gasteiger partial charge in [0.15, 0.2) is 6.29 Å². The van der Waals surface area contributed by atoms with Gasteiger partial charge in [0, 0.05) is 26.8 Å². The van der Waals surface area contributed by atoms with Crippen molar-refractivity contribution in [3.63, 3.8) is 0 Å². The Hall–Kier alpha value is -0.130. The molecule has 0 aromatic carbocycles. The van der Waals surface area contributed by atoms with Gasteiger partial charge >= 0.3 is 0 Å². The highest BCUT2D eigenvalue weighted by Crippen LogP contribution is 2.24. The molecular weight excluding hydrogens is 234 g/mol. The highest BCUT2D eigenvalue weighted by Gasteiger charge is 2.10. The lowest BCUT2D eigenvalue weighted by atomic mass is 10.2. The monoisotopic (exact) mass is 249 g/mol. The van der Waals surface area contributed by atoms with Crippen LogP contribution in [0.4, 0.5) is 0 Å². The van der Waals surface area contributed by atoms with Gasteiger partial charge in [0.2, 0.25) is 0 Å². The summed E-state index contributed by atoms with van der Waals surface area (Å²) in [4.78, 5) is 0. The topological polar surface area (TPSA) is 30.5 Å². The summed E-state index contributed by atoms with van der Waals surface area (Å²) in [7, 11) is 3.25. The van der Waals surface area contributed by atoms with E-state index in [1.165, 1.54) is 5.56 Å². The van der Waals surface area contributed by atoms with Gasteiger partial charge in [-0.05, 0) is 23.9 Å². The van der Waals surface area contributed by atoms with E-state index in [0.29, 0.717) is 6.54 Å². The predicted molar refractivity (Wildman–Crippen MR) is 63.6 cm³/mol. The van der Waals surface area contributed by atoms with Crippen molar-refractivity contribution < 1.29 is 9.47 Å². The Morgan fingerprint density at radius 2 is 2.13 bits per heavy atom. The van der Waals surface area contributed by atoms with Crippen LogP contribution in [0, 0.1) is 0 Å². The Morgan fingerprint density at radius 1 is 1.47 bits per heavy atom. The molecular formula is C10H16ClNO2S. The van der Waals surface area contributed by atoms with Crippen LogP contribution in [-0.2, 0) is 9.47 Å². The van der Waals surface area contributed by atoms with Crippen LogP contribution in [0.3, 0.4) is 0 Å². The molecule has 0 bridgehead atoms. The van der Waals surface area contributed by atoms with E-state index in [9.17, 15) is 0 Å². The van der Waals surface area contributed by atoms with E-state index in [1.807, 2.05) is 6.07 Å². The minimum absolute atomic E-state index is 0.207. The minimum Gasteiger partial charge on any atom is -0.355 e. The number of hydrogen-bond acceptors (Lipinski definition) is 4. The predicted octanol–water partition coefficient (Wildman–Crippen LogP) is 2.67. The van der Waals surface area contributed by atoms with E-state index in [1.54, 1.807) is 25.6 Å². The molecule has 0 aliphatic carbocycles. The summed E-state index contributed by atoms with van der Waals surface area (Å²) in [5.74, 6) is 0. The molecule has 0 aliphatic rings. The fourth-order valence-corrected chi connectivity index (χ4v) is 2.19. The molecule has 1 atom stereocenters. The maximum absolute atomic E-state index is 5.86. The number of ether oxygens (including phenoxy) is 2. The Bertz CT molecular complexity index is 289. The third-order valence-corrected chi connectivity index (χ3v) is 3.31. The van der Waals surface area contributed by atoms with Crippen molar-refractivity contribution in [3.8, 4) is 0 Å². The molecule has 1 unspecified atom stereocenters. The van der Waals surface area contributed by atoms with Crippen LogP contribution in [-0.4, -0.2) is 27.1 Å². The van der Waals surface area contributed by atoms with Crippen LogP contribution in [0.15, 0.2) is 11.4 Å². The summed E-state index contributed by atoms with van der Waals surface area (Å²) in [6.07, 6.45) is -0.207. The van der Waals surface area contributed by atoms with E-state index in [0.717, 1.165) is 4.34 Å². The molecule has 1 aromatic heterocycles. The minimum atomic E-state index is -0.207. The Labute approximate surface area is 99.3 Å². The lowest BCUT2D eigenvalue weighted by Crippen LogP contribution is -2.31. The zero-order valence-electron chi connectivity index (χ0n) is 9.12. The molecule has 1 aromatic rings. The Kier molecular flexibility index (Phi) is 5.56. The van der Waals surface area contributed by atoms with Crippen molar-refractivity contribution in [1.29, 1.82) is 0 Å². The summed E-state index contributed by atoms with van der Waals surface area (Å²) >= 11 is 7.40. The van der Waals surface area contributed by atoms with Gasteiger partial charge in [-0.3, -0.25) is 0 Å². The first-order chi connectivity index (χ1) is 7.17. The van der Waals surface area contributed by atoms with Crippen molar-refractivity contribution in [2.24, 2.45) is 0 Å². The molecule has 15 heavy (non-hydrogen) atoms. The zero-order valence-corrected chi connectivity index (χ0v) is 10.7. The Balaban J connectivity index is 2.39. The molecule has 1 heterocycles. The van der Waals surface area contributed by atoms with Gasteiger partial charge in [-0.15, -0.1) is 11.3 Å². The van der Waals surface area contributed by atoms with Gasteiger partial charge in [0.05, 0.1) is 4.34 Å². The number of nitrogens with one attached hydrogen (secondary N) is 1. The Morgan fingerprint density at radius 3 is 2.60 bits per heavy atom. The number of thiophene rings is 1. The van der Waals surface area contributed by atoms with Crippen molar-refractivity contribution in [1.82, 2.24) is 5.32 Å². The van der Waals surface area contributed by atoms with Crippen LogP contribution in [0.2, 0.25) is 4.34 Å². The van der Waals surface area contributed by atoms with Gasteiger partial charge in [0.25, 0.3) is 0 Å². The maximum Gasteiger partial charge on any atom is 0.169 e. The van der Waals surface area contributed by atoms with Gasteiger partial charge in [-0.25, -0.2) is 0 Å². The molecule has 0 amide bonds. The lowest BCUT2D eigenvalue weighted by molar-refractivity contribution is -0.0997. The van der Waals surface area contributed by atoms with Crippen LogP contribution in [0.25, 0.3) is 0 Å². The molecule has 0 aliphatic heterocycles. The second-order valence-electron chi connectivity index (χ2n) is 3.22. The third-order valence-electron chi connectivity index (χ3n) is 2.20. The van der Waals surface area contributed by atoms with Crippen molar-refractivity contribution in [3.05, 3.63) is 21.3 Å². The fraction of sp³-hybridized carbons (Fsp3) is 0.600. The summed E-state index contributed by atoms with van der Waals surface area (Å²) in [5, 5.41) is 5.36. The second kappa shape index (κ2) is 6.45. The fourth-order valence-electron chi connectivity index (χ4n) is 1.20. The van der Waals surface area contributed by atoms with Crippen molar-refractivity contribution in [2.45, 2.75) is 19.3 Å². The van der Waals surface area contributed by atoms with Gasteiger partial charge in [-0.1, -0.05) is 11.6 Å². The summed E-state index contributed by atoms with van der Waals surface area (Å²) in [6, 6.07) is 2.22. The standard InChI is InChI=1S/C10H16ClNO2S/c1-7(8-4-9(11)15-6-8)12-5-10(13-2)14-3/h4,6-7,10,12H,5H2,1-3H3. The normalized spacial score (nSPS) is 13.4. The molecule has 0 radical (unpaired) electrons. The van der Waals surface area contributed by atoms with E-state index in [4.69, 9.17) is 21.1 Å². The van der Waals surface area contributed by atoms with Gasteiger partial charge in [0.1, 0.15) is 0 Å². The first-order valence-corrected chi connectivity index (χ1v) is 5.96. The zero-order chi connectivity index (χ0) is 11.3. The van der Waals surface area contributed by atoms with E-state index < -0.39 is 0 Å². The van der Waals surface area contributed by atoms with Crippen molar-refractivity contribution in [2.75, 3.05) is 20.8 Å². The molecule has 0 fully saturated rings. The lowest BCUT2D eigenvalue weighted by Gasteiger charge is -2.17. The molecule has 0 saturated carbocycles. The summed E-state index contributed by atoms with van der Waals surface area (Å²) in [5.41, 5.74) is 1.19. The molecule has 1 N–H and O–H groups in total. The molecule has 3 nitrogen and oxygen atoms in total. The smallest absolute Gasteiger partial charge is 0.169 e.